The van der Waals surface area contributed by atoms with Gasteiger partial charge >= 0.3 is 0 Å². The molecular formula is C14H25N3S. The number of hydrogen-bond donors (Lipinski definition) is 1. The number of thiazole rings is 1. The summed E-state index contributed by atoms with van der Waals surface area (Å²) >= 11 is 1.85. The molecule has 0 spiro atoms. The predicted octanol–water partition coefficient (Wildman–Crippen LogP) is 3.19. The molecule has 0 aromatic carbocycles. The van der Waals surface area contributed by atoms with Gasteiger partial charge in [0.25, 0.3) is 0 Å². The van der Waals surface area contributed by atoms with E-state index >= 15 is 0 Å². The Morgan fingerprint density at radius 1 is 1.44 bits per heavy atom. The molecule has 3 nitrogen and oxygen atoms in total. The van der Waals surface area contributed by atoms with Gasteiger partial charge in [-0.2, -0.15) is 0 Å². The Labute approximate surface area is 115 Å². The highest BCUT2D eigenvalue weighted by Gasteiger charge is 2.20. The molecule has 1 aromatic heterocycles. The summed E-state index contributed by atoms with van der Waals surface area (Å²) in [7, 11) is 2.18. The Morgan fingerprint density at radius 2 is 2.22 bits per heavy atom. The average Bonchev–Trinajstić information content (AvgIpc) is 2.66. The van der Waals surface area contributed by atoms with Gasteiger partial charge in [0.1, 0.15) is 0 Å². The van der Waals surface area contributed by atoms with Crippen LogP contribution in [0.25, 0.3) is 0 Å². The number of anilines is 1. The zero-order valence-electron chi connectivity index (χ0n) is 11.8. The van der Waals surface area contributed by atoms with Crippen molar-refractivity contribution in [3.05, 3.63) is 10.6 Å². The van der Waals surface area contributed by atoms with Gasteiger partial charge in [-0.05, 0) is 38.6 Å². The van der Waals surface area contributed by atoms with Crippen molar-refractivity contribution in [3.8, 4) is 0 Å². The summed E-state index contributed by atoms with van der Waals surface area (Å²) in [6.07, 6.45) is 5.41. The average molecular weight is 267 g/mol. The molecule has 1 N–H and O–H groups in total. The van der Waals surface area contributed by atoms with E-state index in [-0.39, 0.29) is 0 Å². The minimum absolute atomic E-state index is 0.904. The second-order valence-electron chi connectivity index (χ2n) is 5.36. The van der Waals surface area contributed by atoms with Gasteiger partial charge in [-0.1, -0.05) is 13.3 Å². The van der Waals surface area contributed by atoms with Gasteiger partial charge in [-0.15, -0.1) is 11.3 Å². The minimum atomic E-state index is 0.904. The maximum Gasteiger partial charge on any atom is 0.185 e. The third-order valence-corrected chi connectivity index (χ3v) is 4.95. The fraction of sp³-hybridized carbons (Fsp3) is 0.786. The molecule has 0 amide bonds. The third kappa shape index (κ3) is 3.45. The summed E-state index contributed by atoms with van der Waals surface area (Å²) in [5.74, 6) is 0.904. The third-order valence-electron chi connectivity index (χ3n) is 3.68. The summed E-state index contributed by atoms with van der Waals surface area (Å²) in [5.41, 5.74) is 1.19. The van der Waals surface area contributed by atoms with Gasteiger partial charge in [-0.25, -0.2) is 4.98 Å². The van der Waals surface area contributed by atoms with Gasteiger partial charge in [-0.3, -0.25) is 0 Å². The van der Waals surface area contributed by atoms with Crippen molar-refractivity contribution in [2.45, 2.75) is 46.1 Å². The van der Waals surface area contributed by atoms with Crippen molar-refractivity contribution in [1.29, 1.82) is 0 Å². The topological polar surface area (TPSA) is 28.2 Å². The lowest BCUT2D eigenvalue weighted by Gasteiger charge is -2.29. The maximum absolute atomic E-state index is 4.71. The van der Waals surface area contributed by atoms with Crippen molar-refractivity contribution in [3.63, 3.8) is 0 Å². The highest BCUT2D eigenvalue weighted by Crippen LogP contribution is 2.30. The van der Waals surface area contributed by atoms with E-state index < -0.39 is 0 Å². The van der Waals surface area contributed by atoms with Gasteiger partial charge in [0, 0.05) is 25.0 Å². The first-order valence-electron chi connectivity index (χ1n) is 7.09. The lowest BCUT2D eigenvalue weighted by Crippen LogP contribution is -2.29. The van der Waals surface area contributed by atoms with Gasteiger partial charge in [0.05, 0.1) is 5.69 Å². The van der Waals surface area contributed by atoms with Crippen molar-refractivity contribution in [1.82, 2.24) is 10.3 Å². The second kappa shape index (κ2) is 6.53. The first-order chi connectivity index (χ1) is 8.70. The van der Waals surface area contributed by atoms with Crippen molar-refractivity contribution in [2.24, 2.45) is 5.92 Å². The fourth-order valence-corrected chi connectivity index (χ4v) is 3.26. The Balaban J connectivity index is 1.89. The van der Waals surface area contributed by atoms with E-state index in [1.165, 1.54) is 47.9 Å². The monoisotopic (exact) mass is 267 g/mol. The molecule has 1 fully saturated rings. The fourth-order valence-electron chi connectivity index (χ4n) is 2.26. The summed E-state index contributed by atoms with van der Waals surface area (Å²) in [6.45, 7) is 7.55. The Bertz CT molecular complexity index is 371. The number of nitrogens with zero attached hydrogens (tertiary/aromatic N) is 2. The standard InChI is InChI=1S/C14H25N3S/c1-4-8-15-9-13-11(2)16-14(18-13)17(3)10-12-6-5-7-12/h12,15H,4-10H2,1-3H3. The van der Waals surface area contributed by atoms with Crippen molar-refractivity contribution >= 4 is 16.5 Å². The first kappa shape index (κ1) is 13.8. The van der Waals surface area contributed by atoms with Crippen LogP contribution in [0, 0.1) is 12.8 Å². The molecule has 2 rings (SSSR count). The summed E-state index contributed by atoms with van der Waals surface area (Å²) in [5, 5.41) is 4.65. The van der Waals surface area contributed by atoms with E-state index in [4.69, 9.17) is 4.98 Å². The first-order valence-corrected chi connectivity index (χ1v) is 7.90. The highest BCUT2D eigenvalue weighted by molar-refractivity contribution is 7.15. The minimum Gasteiger partial charge on any atom is -0.351 e. The molecular weight excluding hydrogens is 242 g/mol. The van der Waals surface area contributed by atoms with Gasteiger partial charge in [0.15, 0.2) is 5.13 Å². The highest BCUT2D eigenvalue weighted by atomic mass is 32.1. The molecule has 102 valence electrons. The summed E-state index contributed by atoms with van der Waals surface area (Å²) < 4.78 is 0. The molecule has 1 aliphatic carbocycles. The van der Waals surface area contributed by atoms with E-state index in [1.54, 1.807) is 0 Å². The maximum atomic E-state index is 4.71. The molecule has 1 saturated carbocycles. The lowest BCUT2D eigenvalue weighted by molar-refractivity contribution is 0.321. The van der Waals surface area contributed by atoms with E-state index in [1.807, 2.05) is 11.3 Å². The summed E-state index contributed by atoms with van der Waals surface area (Å²) in [6, 6.07) is 0. The van der Waals surface area contributed by atoms with Crippen LogP contribution in [0.4, 0.5) is 5.13 Å². The van der Waals surface area contributed by atoms with Gasteiger partial charge in [0.2, 0.25) is 0 Å². The zero-order valence-corrected chi connectivity index (χ0v) is 12.6. The van der Waals surface area contributed by atoms with E-state index in [9.17, 15) is 0 Å². The van der Waals surface area contributed by atoms with Crippen LogP contribution < -0.4 is 10.2 Å². The van der Waals surface area contributed by atoms with Crippen LogP contribution in [-0.4, -0.2) is 25.1 Å². The SMILES string of the molecule is CCCNCc1sc(N(C)CC2CCC2)nc1C. The van der Waals surface area contributed by atoms with Crippen LogP contribution in [-0.2, 0) is 6.54 Å². The molecule has 1 heterocycles. The van der Waals surface area contributed by atoms with Crippen LogP contribution in [0.2, 0.25) is 0 Å². The Morgan fingerprint density at radius 3 is 2.83 bits per heavy atom. The molecule has 0 unspecified atom stereocenters. The molecule has 0 saturated heterocycles. The molecule has 0 atom stereocenters. The normalized spacial score (nSPS) is 15.7. The lowest BCUT2D eigenvalue weighted by atomic mass is 9.85. The Hall–Kier alpha value is -0.610. The Kier molecular flexibility index (Phi) is 5.01. The number of aromatic nitrogens is 1. The van der Waals surface area contributed by atoms with Crippen LogP contribution in [0.1, 0.15) is 43.2 Å². The van der Waals surface area contributed by atoms with Crippen molar-refractivity contribution < 1.29 is 0 Å². The molecule has 1 aliphatic rings. The van der Waals surface area contributed by atoms with Crippen LogP contribution in [0.3, 0.4) is 0 Å². The largest absolute Gasteiger partial charge is 0.351 e. The second-order valence-corrected chi connectivity index (χ2v) is 6.42. The van der Waals surface area contributed by atoms with Crippen LogP contribution >= 0.6 is 11.3 Å². The zero-order chi connectivity index (χ0) is 13.0. The van der Waals surface area contributed by atoms with Crippen LogP contribution in [0.15, 0.2) is 0 Å². The smallest absolute Gasteiger partial charge is 0.185 e. The van der Waals surface area contributed by atoms with E-state index in [2.05, 4.69) is 31.1 Å². The van der Waals surface area contributed by atoms with Crippen LogP contribution in [0.5, 0.6) is 0 Å². The number of nitrogens with one attached hydrogen (secondary N) is 1. The summed E-state index contributed by atoms with van der Waals surface area (Å²) in [4.78, 5) is 8.43. The van der Waals surface area contributed by atoms with Crippen molar-refractivity contribution in [2.75, 3.05) is 25.0 Å². The molecule has 4 heteroatoms. The van der Waals surface area contributed by atoms with E-state index in [0.29, 0.717) is 0 Å². The molecule has 18 heavy (non-hydrogen) atoms. The number of rotatable bonds is 7. The number of aryl methyl sites for hydroxylation is 1. The molecule has 1 aromatic rings. The molecule has 0 aliphatic heterocycles. The number of hydrogen-bond acceptors (Lipinski definition) is 4. The van der Waals surface area contributed by atoms with Gasteiger partial charge < -0.3 is 10.2 Å². The van der Waals surface area contributed by atoms with E-state index in [0.717, 1.165) is 19.0 Å². The molecule has 0 bridgehead atoms. The quantitative estimate of drug-likeness (QED) is 0.769. The molecule has 0 radical (unpaired) electrons. The predicted molar refractivity (Wildman–Crippen MR) is 79.5 cm³/mol.